The third-order valence-electron chi connectivity index (χ3n) is 3.46. The molecule has 4 heteroatoms. The first kappa shape index (κ1) is 13.7. The van der Waals surface area contributed by atoms with Crippen LogP contribution in [0.25, 0.3) is 22.1 Å². The number of furan rings is 1. The van der Waals surface area contributed by atoms with E-state index >= 15 is 0 Å². The molecule has 0 unspecified atom stereocenters. The summed E-state index contributed by atoms with van der Waals surface area (Å²) in [6.45, 7) is 3.87. The minimum Gasteiger partial charge on any atom is -0.475 e. The lowest BCUT2D eigenvalue weighted by atomic mass is 9.99. The number of hydrogen-bond acceptors (Lipinski definition) is 2. The highest BCUT2D eigenvalue weighted by Crippen LogP contribution is 2.39. The normalized spacial score (nSPS) is 11.0. The average molecular weight is 301 g/mol. The van der Waals surface area contributed by atoms with Crippen LogP contribution in [0.5, 0.6) is 0 Å². The Hall–Kier alpha value is -2.26. The Morgan fingerprint density at radius 3 is 2.57 bits per heavy atom. The van der Waals surface area contributed by atoms with Crippen molar-refractivity contribution in [3.8, 4) is 11.1 Å². The van der Waals surface area contributed by atoms with E-state index in [0.29, 0.717) is 21.7 Å². The minimum atomic E-state index is -1.10. The number of aromatic carboxylic acids is 1. The maximum atomic E-state index is 11.5. The zero-order valence-corrected chi connectivity index (χ0v) is 12.4. The molecule has 1 aromatic heterocycles. The molecule has 0 aliphatic carbocycles. The van der Waals surface area contributed by atoms with Crippen LogP contribution < -0.4 is 0 Å². The van der Waals surface area contributed by atoms with E-state index in [2.05, 4.69) is 0 Å². The molecule has 3 rings (SSSR count). The van der Waals surface area contributed by atoms with Gasteiger partial charge in [0.2, 0.25) is 5.76 Å². The quantitative estimate of drug-likeness (QED) is 0.719. The van der Waals surface area contributed by atoms with Crippen molar-refractivity contribution >= 4 is 28.5 Å². The van der Waals surface area contributed by atoms with Crippen LogP contribution in [-0.4, -0.2) is 11.1 Å². The highest BCUT2D eigenvalue weighted by molar-refractivity contribution is 6.34. The number of aryl methyl sites for hydroxylation is 2. The number of carboxylic acids is 1. The molecule has 2 aromatic carbocycles. The van der Waals surface area contributed by atoms with Gasteiger partial charge in [0, 0.05) is 21.5 Å². The van der Waals surface area contributed by atoms with E-state index in [4.69, 9.17) is 16.0 Å². The van der Waals surface area contributed by atoms with Gasteiger partial charge in [0.1, 0.15) is 5.58 Å². The molecule has 0 aliphatic heterocycles. The lowest BCUT2D eigenvalue weighted by Gasteiger charge is -2.04. The third kappa shape index (κ3) is 2.20. The number of carboxylic acid groups (broad SMARTS) is 1. The lowest BCUT2D eigenvalue weighted by Crippen LogP contribution is -1.96. The molecule has 0 radical (unpaired) electrons. The SMILES string of the molecule is Cc1cc(C)c2oc(C(=O)O)c(-c3ccccc3Cl)c2c1. The maximum absolute atomic E-state index is 11.5. The van der Waals surface area contributed by atoms with Gasteiger partial charge in [-0.2, -0.15) is 0 Å². The third-order valence-corrected chi connectivity index (χ3v) is 3.79. The van der Waals surface area contributed by atoms with Gasteiger partial charge in [-0.15, -0.1) is 0 Å². The van der Waals surface area contributed by atoms with Crippen molar-refractivity contribution in [1.29, 1.82) is 0 Å². The summed E-state index contributed by atoms with van der Waals surface area (Å²) >= 11 is 6.24. The van der Waals surface area contributed by atoms with Crippen molar-refractivity contribution in [2.45, 2.75) is 13.8 Å². The molecule has 1 N–H and O–H groups in total. The number of carbonyl (C=O) groups is 1. The van der Waals surface area contributed by atoms with Gasteiger partial charge < -0.3 is 9.52 Å². The molecule has 21 heavy (non-hydrogen) atoms. The standard InChI is InChI=1S/C17H13ClO3/c1-9-7-10(2)15-12(8-9)14(16(21-15)17(19)20)11-5-3-4-6-13(11)18/h3-8H,1-2H3,(H,19,20). The highest BCUT2D eigenvalue weighted by Gasteiger charge is 2.23. The molecule has 0 fully saturated rings. The Morgan fingerprint density at radius 2 is 1.90 bits per heavy atom. The van der Waals surface area contributed by atoms with Crippen molar-refractivity contribution in [3.63, 3.8) is 0 Å². The molecule has 3 nitrogen and oxygen atoms in total. The van der Waals surface area contributed by atoms with Crippen LogP contribution in [0.1, 0.15) is 21.7 Å². The summed E-state index contributed by atoms with van der Waals surface area (Å²) in [7, 11) is 0. The molecule has 1 heterocycles. The summed E-state index contributed by atoms with van der Waals surface area (Å²) in [5.41, 5.74) is 3.75. The summed E-state index contributed by atoms with van der Waals surface area (Å²) in [6.07, 6.45) is 0. The Morgan fingerprint density at radius 1 is 1.19 bits per heavy atom. The molecule has 0 bridgehead atoms. The number of benzene rings is 2. The van der Waals surface area contributed by atoms with Gasteiger partial charge in [0.25, 0.3) is 0 Å². The van der Waals surface area contributed by atoms with Crippen LogP contribution in [0.2, 0.25) is 5.02 Å². The smallest absolute Gasteiger partial charge is 0.372 e. The number of halogens is 1. The van der Waals surface area contributed by atoms with Crippen molar-refractivity contribution in [3.05, 3.63) is 58.3 Å². The van der Waals surface area contributed by atoms with E-state index in [9.17, 15) is 9.90 Å². The summed E-state index contributed by atoms with van der Waals surface area (Å²) in [5, 5.41) is 10.7. The second-order valence-electron chi connectivity index (χ2n) is 5.05. The van der Waals surface area contributed by atoms with Gasteiger partial charge in [-0.05, 0) is 37.1 Å². The molecule has 0 saturated heterocycles. The van der Waals surface area contributed by atoms with Gasteiger partial charge in [0.15, 0.2) is 0 Å². The molecule has 0 aliphatic rings. The fourth-order valence-corrected chi connectivity index (χ4v) is 2.86. The van der Waals surface area contributed by atoms with E-state index < -0.39 is 5.97 Å². The van der Waals surface area contributed by atoms with Crippen LogP contribution in [0, 0.1) is 13.8 Å². The fourth-order valence-electron chi connectivity index (χ4n) is 2.63. The Kier molecular flexibility index (Phi) is 3.22. The molecule has 3 aromatic rings. The minimum absolute atomic E-state index is 0.0770. The highest BCUT2D eigenvalue weighted by atomic mass is 35.5. The van der Waals surface area contributed by atoms with Gasteiger partial charge in [-0.25, -0.2) is 4.79 Å². The van der Waals surface area contributed by atoms with Crippen LogP contribution in [0.4, 0.5) is 0 Å². The molecular formula is C17H13ClO3. The molecule has 0 saturated carbocycles. The van der Waals surface area contributed by atoms with Gasteiger partial charge in [0.05, 0.1) is 0 Å². The zero-order valence-electron chi connectivity index (χ0n) is 11.6. The summed E-state index contributed by atoms with van der Waals surface area (Å²) < 4.78 is 5.60. The predicted octanol–water partition coefficient (Wildman–Crippen LogP) is 5.07. The van der Waals surface area contributed by atoms with Gasteiger partial charge in [-0.3, -0.25) is 0 Å². The van der Waals surface area contributed by atoms with E-state index in [1.54, 1.807) is 12.1 Å². The first-order chi connectivity index (χ1) is 9.99. The van der Waals surface area contributed by atoms with Crippen molar-refractivity contribution in [2.24, 2.45) is 0 Å². The van der Waals surface area contributed by atoms with Crippen LogP contribution in [0.3, 0.4) is 0 Å². The average Bonchev–Trinajstić information content (AvgIpc) is 2.79. The second-order valence-corrected chi connectivity index (χ2v) is 5.46. The summed E-state index contributed by atoms with van der Waals surface area (Å²) in [5.74, 6) is -1.18. The molecule has 0 spiro atoms. The van der Waals surface area contributed by atoms with Crippen LogP contribution in [-0.2, 0) is 0 Å². The zero-order chi connectivity index (χ0) is 15.1. The fraction of sp³-hybridized carbons (Fsp3) is 0.118. The van der Waals surface area contributed by atoms with Gasteiger partial charge in [-0.1, -0.05) is 35.9 Å². The van der Waals surface area contributed by atoms with E-state index in [0.717, 1.165) is 16.5 Å². The lowest BCUT2D eigenvalue weighted by molar-refractivity contribution is 0.0666. The van der Waals surface area contributed by atoms with Crippen molar-refractivity contribution in [1.82, 2.24) is 0 Å². The van der Waals surface area contributed by atoms with E-state index in [-0.39, 0.29) is 5.76 Å². The Bertz CT molecular complexity index is 862. The second kappa shape index (κ2) is 4.93. The maximum Gasteiger partial charge on any atom is 0.372 e. The Balaban J connectivity index is 2.47. The van der Waals surface area contributed by atoms with E-state index in [1.807, 2.05) is 38.1 Å². The van der Waals surface area contributed by atoms with E-state index in [1.165, 1.54) is 0 Å². The Labute approximate surface area is 126 Å². The van der Waals surface area contributed by atoms with Crippen molar-refractivity contribution in [2.75, 3.05) is 0 Å². The molecule has 0 amide bonds. The topological polar surface area (TPSA) is 50.4 Å². The first-order valence-electron chi connectivity index (χ1n) is 6.51. The molecular weight excluding hydrogens is 288 g/mol. The number of hydrogen-bond donors (Lipinski definition) is 1. The van der Waals surface area contributed by atoms with Crippen LogP contribution in [0.15, 0.2) is 40.8 Å². The monoisotopic (exact) mass is 300 g/mol. The number of rotatable bonds is 2. The first-order valence-corrected chi connectivity index (χ1v) is 6.88. The number of fused-ring (bicyclic) bond motifs is 1. The molecule has 106 valence electrons. The predicted molar refractivity (Wildman–Crippen MR) is 83.1 cm³/mol. The molecule has 0 atom stereocenters. The van der Waals surface area contributed by atoms with Gasteiger partial charge >= 0.3 is 5.97 Å². The van der Waals surface area contributed by atoms with Crippen molar-refractivity contribution < 1.29 is 14.3 Å². The van der Waals surface area contributed by atoms with Crippen LogP contribution >= 0.6 is 11.6 Å². The summed E-state index contributed by atoms with van der Waals surface area (Å²) in [6, 6.07) is 11.1. The largest absolute Gasteiger partial charge is 0.475 e. The summed E-state index contributed by atoms with van der Waals surface area (Å²) in [4.78, 5) is 11.5.